The second-order valence-corrected chi connectivity index (χ2v) is 7.85. The Morgan fingerprint density at radius 3 is 2.15 bits per heavy atom. The van der Waals surface area contributed by atoms with Gasteiger partial charge in [-0.1, -0.05) is 12.1 Å². The van der Waals surface area contributed by atoms with Gasteiger partial charge in [0.2, 0.25) is 0 Å². The lowest BCUT2D eigenvalue weighted by molar-refractivity contribution is -0.142. The molecule has 3 aromatic rings. The average molecular weight is 477 g/mol. The zero-order valence-corrected chi connectivity index (χ0v) is 16.8. The van der Waals surface area contributed by atoms with Crippen molar-refractivity contribution in [2.75, 3.05) is 31.6 Å². The number of fused-ring (bicyclic) bond motifs is 1. The van der Waals surface area contributed by atoms with Crippen LogP contribution in [0.1, 0.15) is 17.0 Å². The molecule has 1 atom stereocenters. The molecule has 178 valence electrons. The van der Waals surface area contributed by atoms with Gasteiger partial charge in [0.15, 0.2) is 17.0 Å². The molecule has 13 heteroatoms. The fraction of sp³-hybridized carbons (Fsp3) is 0.400. The first kappa shape index (κ1) is 23.2. The predicted octanol–water partition coefficient (Wildman–Crippen LogP) is 3.47. The number of rotatable bonds is 6. The highest BCUT2D eigenvalue weighted by atomic mass is 19.4. The molecule has 3 N–H and O–H groups in total. The van der Waals surface area contributed by atoms with Gasteiger partial charge in [0, 0.05) is 37.2 Å². The van der Waals surface area contributed by atoms with Gasteiger partial charge < -0.3 is 15.7 Å². The fourth-order valence-electron chi connectivity index (χ4n) is 3.85. The number of hydrogen-bond donors (Lipinski definition) is 3. The maximum atomic E-state index is 13.4. The number of nitrogens with one attached hydrogen (secondary N) is 2. The highest BCUT2D eigenvalue weighted by Crippen LogP contribution is 2.37. The zero-order valence-electron chi connectivity index (χ0n) is 16.8. The van der Waals surface area contributed by atoms with Crippen molar-refractivity contribution in [3.63, 3.8) is 0 Å². The molecule has 0 amide bonds. The first-order valence-electron chi connectivity index (χ1n) is 9.81. The van der Waals surface area contributed by atoms with E-state index in [0.717, 1.165) is 0 Å². The van der Waals surface area contributed by atoms with E-state index in [1.165, 1.54) is 24.3 Å². The van der Waals surface area contributed by atoms with Crippen molar-refractivity contribution in [1.29, 1.82) is 0 Å². The Hall–Kier alpha value is -2.93. The van der Waals surface area contributed by atoms with E-state index in [4.69, 9.17) is 0 Å². The Morgan fingerprint density at radius 1 is 1.00 bits per heavy atom. The predicted molar refractivity (Wildman–Crippen MR) is 103 cm³/mol. The van der Waals surface area contributed by atoms with Crippen molar-refractivity contribution >= 4 is 11.5 Å². The quantitative estimate of drug-likeness (QED) is 0.475. The largest absolute Gasteiger partial charge is 0.435 e. The molecule has 2 aromatic heterocycles. The van der Waals surface area contributed by atoms with Crippen LogP contribution in [0.2, 0.25) is 0 Å². The van der Waals surface area contributed by atoms with Crippen LogP contribution in [0.25, 0.3) is 5.65 Å². The van der Waals surface area contributed by atoms with E-state index >= 15 is 0 Å². The molecule has 6 nitrogen and oxygen atoms in total. The van der Waals surface area contributed by atoms with E-state index in [-0.39, 0.29) is 18.3 Å². The summed E-state index contributed by atoms with van der Waals surface area (Å²) >= 11 is 0. The third-order valence-corrected chi connectivity index (χ3v) is 5.86. The fourth-order valence-corrected chi connectivity index (χ4v) is 3.85. The molecule has 1 fully saturated rings. The van der Waals surface area contributed by atoms with Crippen molar-refractivity contribution in [3.8, 4) is 0 Å². The molecule has 1 aromatic carbocycles. The molecule has 0 spiro atoms. The Labute approximate surface area is 182 Å². The van der Waals surface area contributed by atoms with E-state index in [1.54, 1.807) is 0 Å². The van der Waals surface area contributed by atoms with E-state index < -0.39 is 47.2 Å². The van der Waals surface area contributed by atoms with Crippen molar-refractivity contribution in [1.82, 2.24) is 19.9 Å². The summed E-state index contributed by atoms with van der Waals surface area (Å²) in [6.45, 7) is 0.378. The number of anilines is 1. The van der Waals surface area contributed by atoms with Crippen LogP contribution in [-0.2, 0) is 17.8 Å². The molecule has 0 saturated carbocycles. The molecular formula is C20H18F7N5O. The maximum Gasteiger partial charge on any atom is 0.435 e. The first-order valence-corrected chi connectivity index (χ1v) is 9.81. The van der Waals surface area contributed by atoms with Crippen LogP contribution in [0.15, 0.2) is 36.4 Å². The number of nitrogens with zero attached hydrogens (tertiary/aromatic N) is 3. The van der Waals surface area contributed by atoms with Crippen molar-refractivity contribution in [2.24, 2.45) is 5.92 Å². The number of alkyl halides is 6. The summed E-state index contributed by atoms with van der Waals surface area (Å²) < 4.78 is 93.5. The van der Waals surface area contributed by atoms with E-state index in [1.807, 2.05) is 0 Å². The number of halogens is 7. The van der Waals surface area contributed by atoms with E-state index in [9.17, 15) is 35.8 Å². The van der Waals surface area contributed by atoms with Gasteiger partial charge in [-0.3, -0.25) is 0 Å². The minimum absolute atomic E-state index is 0.154. The topological polar surface area (TPSA) is 74.5 Å². The summed E-state index contributed by atoms with van der Waals surface area (Å²) in [5, 5.41) is 19.4. The summed E-state index contributed by atoms with van der Waals surface area (Å²) in [5.41, 5.74) is -3.95. The van der Waals surface area contributed by atoms with Gasteiger partial charge in [0.1, 0.15) is 11.6 Å². The molecule has 1 aliphatic heterocycles. The monoisotopic (exact) mass is 477 g/mol. The molecule has 1 aliphatic rings. The van der Waals surface area contributed by atoms with Gasteiger partial charge in [-0.2, -0.15) is 36.0 Å². The van der Waals surface area contributed by atoms with Crippen LogP contribution in [0.3, 0.4) is 0 Å². The normalized spacial score (nSPS) is 17.1. The van der Waals surface area contributed by atoms with Gasteiger partial charge in [0.05, 0.1) is 6.61 Å². The van der Waals surface area contributed by atoms with Crippen molar-refractivity contribution in [3.05, 3.63) is 59.2 Å². The summed E-state index contributed by atoms with van der Waals surface area (Å²) in [7, 11) is 0. The number of benzene rings is 1. The zero-order chi connectivity index (χ0) is 24.0. The SMILES string of the molecule is OCC(CNc1cc(C(F)(F)F)nc2cc(C(F)(F)F)nn12)(c1ccc(F)cc1)C1CNC1. The smallest absolute Gasteiger partial charge is 0.395 e. The maximum absolute atomic E-state index is 13.4. The molecule has 4 rings (SSSR count). The van der Waals surface area contributed by atoms with Gasteiger partial charge in [-0.15, -0.1) is 0 Å². The minimum Gasteiger partial charge on any atom is -0.395 e. The van der Waals surface area contributed by atoms with Gasteiger partial charge in [-0.05, 0) is 23.6 Å². The van der Waals surface area contributed by atoms with Gasteiger partial charge in [0.25, 0.3) is 0 Å². The second kappa shape index (κ2) is 8.13. The Balaban J connectivity index is 1.77. The molecule has 0 bridgehead atoms. The van der Waals surface area contributed by atoms with Crippen molar-refractivity contribution < 1.29 is 35.8 Å². The first-order chi connectivity index (χ1) is 15.4. The Bertz CT molecular complexity index is 1140. The minimum atomic E-state index is -4.91. The summed E-state index contributed by atoms with van der Waals surface area (Å²) in [6, 6.07) is 6.30. The number of aliphatic hydroxyl groups excluding tert-OH is 1. The molecule has 0 aliphatic carbocycles. The summed E-state index contributed by atoms with van der Waals surface area (Å²) in [5.74, 6) is -1.05. The summed E-state index contributed by atoms with van der Waals surface area (Å²) in [4.78, 5) is 3.27. The molecular weight excluding hydrogens is 459 g/mol. The van der Waals surface area contributed by atoms with E-state index in [2.05, 4.69) is 20.7 Å². The van der Waals surface area contributed by atoms with Crippen LogP contribution in [0, 0.1) is 11.7 Å². The van der Waals surface area contributed by atoms with Gasteiger partial charge in [-0.25, -0.2) is 9.37 Å². The lowest BCUT2D eigenvalue weighted by Gasteiger charge is -2.45. The second-order valence-electron chi connectivity index (χ2n) is 7.85. The van der Waals surface area contributed by atoms with Crippen LogP contribution in [-0.4, -0.2) is 45.9 Å². The Kier molecular flexibility index (Phi) is 5.73. The third-order valence-electron chi connectivity index (χ3n) is 5.86. The summed E-state index contributed by atoms with van der Waals surface area (Å²) in [6.07, 6.45) is -9.80. The standard InChI is InChI=1S/C20H18F7N5O/c21-13-3-1-11(2-4-13)18(10-33,12-7-28-8-12)9-29-16-5-14(19(22,23)24)30-17-6-15(20(25,26)27)31-32(16)17/h1-6,12,28-29,33H,7-10H2. The third kappa shape index (κ3) is 4.34. The molecule has 33 heavy (non-hydrogen) atoms. The van der Waals surface area contributed by atoms with E-state index in [0.29, 0.717) is 35.3 Å². The lowest BCUT2D eigenvalue weighted by atomic mass is 9.68. The van der Waals surface area contributed by atoms with Crippen LogP contribution < -0.4 is 10.6 Å². The molecule has 3 heterocycles. The Morgan fingerprint density at radius 2 is 1.64 bits per heavy atom. The highest BCUT2D eigenvalue weighted by Gasteiger charge is 2.43. The molecule has 1 unspecified atom stereocenters. The average Bonchev–Trinajstić information content (AvgIpc) is 3.14. The lowest BCUT2D eigenvalue weighted by Crippen LogP contribution is -2.58. The van der Waals surface area contributed by atoms with Crippen LogP contribution >= 0.6 is 0 Å². The van der Waals surface area contributed by atoms with Gasteiger partial charge >= 0.3 is 12.4 Å². The molecule has 0 radical (unpaired) electrons. The van der Waals surface area contributed by atoms with Crippen LogP contribution in [0.4, 0.5) is 36.6 Å². The molecule has 1 saturated heterocycles. The van der Waals surface area contributed by atoms with Crippen molar-refractivity contribution in [2.45, 2.75) is 17.8 Å². The number of hydrogen-bond acceptors (Lipinski definition) is 5. The van der Waals surface area contributed by atoms with Crippen LogP contribution in [0.5, 0.6) is 0 Å². The number of aliphatic hydroxyl groups is 1. The highest BCUT2D eigenvalue weighted by molar-refractivity contribution is 5.52. The number of aromatic nitrogens is 3.